The van der Waals surface area contributed by atoms with Crippen molar-refractivity contribution in [2.24, 2.45) is 0 Å². The summed E-state index contributed by atoms with van der Waals surface area (Å²) in [5.74, 6) is 5.49. The third kappa shape index (κ3) is 3.50. The Morgan fingerprint density at radius 1 is 1.28 bits per heavy atom. The Bertz CT molecular complexity index is 1060. The quantitative estimate of drug-likeness (QED) is 0.594. The van der Waals surface area contributed by atoms with E-state index in [1.54, 1.807) is 30.6 Å². The molecule has 1 fully saturated rings. The molecule has 0 spiro atoms. The van der Waals surface area contributed by atoms with Gasteiger partial charge in [-0.15, -0.1) is 0 Å². The minimum atomic E-state index is -1.53. The monoisotopic (exact) mass is 390 g/mol. The molecular weight excluding hydrogens is 372 g/mol. The van der Waals surface area contributed by atoms with Crippen LogP contribution in [0.3, 0.4) is 0 Å². The van der Waals surface area contributed by atoms with Gasteiger partial charge in [0.2, 0.25) is 5.54 Å². The molecule has 0 aliphatic carbocycles. The number of aromatic nitrogens is 1. The van der Waals surface area contributed by atoms with E-state index >= 15 is 0 Å². The number of nitrogens with zero attached hydrogens (tertiary/aromatic N) is 2. The number of rotatable bonds is 3. The Kier molecular flexibility index (Phi) is 4.64. The smallest absolute Gasteiger partial charge is 0.323 e. The molecule has 0 radical (unpaired) electrons. The highest BCUT2D eigenvalue weighted by Crippen LogP contribution is 2.25. The summed E-state index contributed by atoms with van der Waals surface area (Å²) >= 11 is 0. The lowest BCUT2D eigenvalue weighted by atomic mass is 9.94. The van der Waals surface area contributed by atoms with Gasteiger partial charge in [0.05, 0.1) is 13.7 Å². The van der Waals surface area contributed by atoms with Gasteiger partial charge in [0, 0.05) is 30.1 Å². The number of imide groups is 1. The number of hydrogen-bond donors (Lipinski definition) is 2. The zero-order valence-corrected chi connectivity index (χ0v) is 15.7. The minimum Gasteiger partial charge on any atom is -0.497 e. The standard InChI is InChI=1S/C21H18N4O4/c1-29-16-5-4-15-7-10-25(18(26)17(15)11-16)13-21(19(27)23-20(28)24-21)8-6-14-3-2-9-22-12-14/h2-5,9,11-12H,7,10,13H2,1H3,(H2,23,24,27,28)/t21-/m0/s1. The van der Waals surface area contributed by atoms with Crippen LogP contribution in [-0.2, 0) is 11.2 Å². The number of pyridine rings is 1. The van der Waals surface area contributed by atoms with Crippen LogP contribution < -0.4 is 15.4 Å². The average Bonchev–Trinajstić information content (AvgIpc) is 3.02. The molecule has 1 aromatic heterocycles. The highest BCUT2D eigenvalue weighted by atomic mass is 16.5. The number of amides is 4. The molecule has 2 aliphatic rings. The van der Waals surface area contributed by atoms with Crippen LogP contribution in [-0.4, -0.2) is 53.5 Å². The first-order valence-electron chi connectivity index (χ1n) is 9.04. The predicted octanol–water partition coefficient (Wildman–Crippen LogP) is 0.718. The summed E-state index contributed by atoms with van der Waals surface area (Å²) in [6, 6.07) is 8.20. The maximum atomic E-state index is 13.0. The molecule has 29 heavy (non-hydrogen) atoms. The van der Waals surface area contributed by atoms with Gasteiger partial charge in [0.1, 0.15) is 5.75 Å². The van der Waals surface area contributed by atoms with Crippen molar-refractivity contribution in [1.82, 2.24) is 20.5 Å². The molecule has 1 atom stereocenters. The number of carbonyl (C=O) groups is 3. The van der Waals surface area contributed by atoms with Crippen molar-refractivity contribution in [3.05, 3.63) is 59.4 Å². The van der Waals surface area contributed by atoms with E-state index < -0.39 is 17.5 Å². The van der Waals surface area contributed by atoms with Crippen LogP contribution in [0.1, 0.15) is 21.5 Å². The number of fused-ring (bicyclic) bond motifs is 1. The van der Waals surface area contributed by atoms with E-state index in [0.29, 0.717) is 29.8 Å². The summed E-state index contributed by atoms with van der Waals surface area (Å²) in [6.07, 6.45) is 3.81. The third-order valence-electron chi connectivity index (χ3n) is 4.94. The van der Waals surface area contributed by atoms with Gasteiger partial charge in [-0.25, -0.2) is 4.79 Å². The van der Waals surface area contributed by atoms with E-state index in [-0.39, 0.29) is 12.5 Å². The second-order valence-electron chi connectivity index (χ2n) is 6.81. The maximum absolute atomic E-state index is 13.0. The molecular formula is C21H18N4O4. The second kappa shape index (κ2) is 7.28. The summed E-state index contributed by atoms with van der Waals surface area (Å²) < 4.78 is 5.22. The van der Waals surface area contributed by atoms with Crippen molar-refractivity contribution in [2.45, 2.75) is 12.0 Å². The van der Waals surface area contributed by atoms with Gasteiger partial charge in [0.15, 0.2) is 0 Å². The minimum absolute atomic E-state index is 0.0622. The van der Waals surface area contributed by atoms with Crippen LogP contribution in [0.5, 0.6) is 5.75 Å². The van der Waals surface area contributed by atoms with Gasteiger partial charge in [0.25, 0.3) is 11.8 Å². The second-order valence-corrected chi connectivity index (χ2v) is 6.81. The molecule has 2 N–H and O–H groups in total. The van der Waals surface area contributed by atoms with E-state index in [1.807, 2.05) is 12.1 Å². The SMILES string of the molecule is COc1ccc2c(c1)C(=O)N(C[C@]1(C#Cc3cccnc3)NC(=O)NC1=O)CC2. The van der Waals surface area contributed by atoms with E-state index in [4.69, 9.17) is 4.74 Å². The van der Waals surface area contributed by atoms with Crippen molar-refractivity contribution in [3.8, 4) is 17.6 Å². The number of nitrogens with one attached hydrogen (secondary N) is 2. The summed E-state index contributed by atoms with van der Waals surface area (Å²) in [5.41, 5.74) is 0.512. The molecule has 0 bridgehead atoms. The Morgan fingerprint density at radius 3 is 2.83 bits per heavy atom. The van der Waals surface area contributed by atoms with Crippen molar-refractivity contribution in [3.63, 3.8) is 0 Å². The number of carbonyl (C=O) groups excluding carboxylic acids is 3. The molecule has 4 rings (SSSR count). The largest absolute Gasteiger partial charge is 0.497 e. The van der Waals surface area contributed by atoms with Gasteiger partial charge < -0.3 is 15.0 Å². The van der Waals surface area contributed by atoms with Crippen LogP contribution in [0.4, 0.5) is 4.79 Å². The Labute approximate surface area is 167 Å². The van der Waals surface area contributed by atoms with Gasteiger partial charge in [-0.3, -0.25) is 19.9 Å². The molecule has 3 heterocycles. The average molecular weight is 390 g/mol. The van der Waals surface area contributed by atoms with Gasteiger partial charge in [-0.2, -0.15) is 0 Å². The summed E-state index contributed by atoms with van der Waals surface area (Å²) in [5, 5.41) is 4.81. The van der Waals surface area contributed by atoms with Gasteiger partial charge in [-0.05, 0) is 36.2 Å². The van der Waals surface area contributed by atoms with Crippen LogP contribution in [0, 0.1) is 11.8 Å². The third-order valence-corrected chi connectivity index (χ3v) is 4.94. The van der Waals surface area contributed by atoms with Crippen LogP contribution in [0.25, 0.3) is 0 Å². The molecule has 0 saturated carbocycles. The van der Waals surface area contributed by atoms with E-state index in [1.165, 1.54) is 12.0 Å². The number of methoxy groups -OCH3 is 1. The maximum Gasteiger partial charge on any atom is 0.323 e. The molecule has 1 saturated heterocycles. The highest BCUT2D eigenvalue weighted by molar-refractivity contribution is 6.10. The normalized spacial score (nSPS) is 20.3. The van der Waals surface area contributed by atoms with Crippen LogP contribution in [0.2, 0.25) is 0 Å². The zero-order valence-electron chi connectivity index (χ0n) is 15.7. The molecule has 2 aliphatic heterocycles. The molecule has 146 valence electrons. The molecule has 1 aromatic carbocycles. The fourth-order valence-corrected chi connectivity index (χ4v) is 3.41. The summed E-state index contributed by atoms with van der Waals surface area (Å²) in [4.78, 5) is 43.0. The zero-order chi connectivity index (χ0) is 20.4. The first kappa shape index (κ1) is 18.5. The predicted molar refractivity (Wildman–Crippen MR) is 103 cm³/mol. The highest BCUT2D eigenvalue weighted by Gasteiger charge is 2.47. The van der Waals surface area contributed by atoms with E-state index in [9.17, 15) is 14.4 Å². The Hall–Kier alpha value is -3.86. The molecule has 8 nitrogen and oxygen atoms in total. The number of ether oxygens (including phenoxy) is 1. The topological polar surface area (TPSA) is 101 Å². The number of hydrogen-bond acceptors (Lipinski definition) is 5. The molecule has 2 aromatic rings. The fourth-order valence-electron chi connectivity index (χ4n) is 3.41. The van der Waals surface area contributed by atoms with E-state index in [2.05, 4.69) is 27.5 Å². The first-order valence-corrected chi connectivity index (χ1v) is 9.04. The van der Waals surface area contributed by atoms with Crippen molar-refractivity contribution < 1.29 is 19.1 Å². The molecule has 4 amide bonds. The van der Waals surface area contributed by atoms with Gasteiger partial charge >= 0.3 is 6.03 Å². The van der Waals surface area contributed by atoms with Gasteiger partial charge in [-0.1, -0.05) is 17.9 Å². The van der Waals surface area contributed by atoms with Crippen molar-refractivity contribution >= 4 is 17.8 Å². The number of benzene rings is 1. The van der Waals surface area contributed by atoms with Crippen molar-refractivity contribution in [2.75, 3.05) is 20.2 Å². The lowest BCUT2D eigenvalue weighted by Gasteiger charge is -2.33. The lowest BCUT2D eigenvalue weighted by Crippen LogP contribution is -2.56. The molecule has 0 unspecified atom stereocenters. The summed E-state index contributed by atoms with van der Waals surface area (Å²) in [6.45, 7) is 0.352. The Balaban J connectivity index is 1.65. The van der Waals surface area contributed by atoms with Crippen molar-refractivity contribution in [1.29, 1.82) is 0 Å². The summed E-state index contributed by atoms with van der Waals surface area (Å²) in [7, 11) is 1.54. The Morgan fingerprint density at radius 2 is 2.14 bits per heavy atom. The molecule has 8 heteroatoms. The van der Waals surface area contributed by atoms with Crippen LogP contribution >= 0.6 is 0 Å². The fraction of sp³-hybridized carbons (Fsp3) is 0.238. The van der Waals surface area contributed by atoms with E-state index in [0.717, 1.165) is 5.56 Å². The lowest BCUT2D eigenvalue weighted by molar-refractivity contribution is -0.122. The first-order chi connectivity index (χ1) is 14.0. The number of urea groups is 1. The van der Waals surface area contributed by atoms with Crippen LogP contribution in [0.15, 0.2) is 42.7 Å².